The van der Waals surface area contributed by atoms with Crippen molar-refractivity contribution >= 4 is 40.0 Å². The maximum Gasteiger partial charge on any atom is 0.511 e. The topological polar surface area (TPSA) is 73.8 Å². The molecule has 1 aliphatic heterocycles. The van der Waals surface area contributed by atoms with Crippen molar-refractivity contribution in [1.29, 1.82) is 0 Å². The molecule has 166 valence electrons. The number of nitrogens with one attached hydrogen (secondary N) is 2. The molecule has 11 heteroatoms. The van der Waals surface area contributed by atoms with Gasteiger partial charge >= 0.3 is 15.5 Å². The van der Waals surface area contributed by atoms with Crippen molar-refractivity contribution in [2.24, 2.45) is 16.8 Å². The van der Waals surface area contributed by atoms with Gasteiger partial charge in [-0.3, -0.25) is 4.99 Å². The summed E-state index contributed by atoms with van der Waals surface area (Å²) in [6.07, 6.45) is 5.45. The molecule has 2 N–H and O–H groups in total. The first-order chi connectivity index (χ1) is 12.6. The summed E-state index contributed by atoms with van der Waals surface area (Å²) in [4.78, 5) is 4.60. The van der Waals surface area contributed by atoms with E-state index in [4.69, 9.17) is 0 Å². The monoisotopic (exact) mass is 540 g/mol. The van der Waals surface area contributed by atoms with E-state index in [9.17, 15) is 21.6 Å². The Morgan fingerprint density at radius 1 is 1.18 bits per heavy atom. The second kappa shape index (κ2) is 11.2. The third-order valence-electron chi connectivity index (χ3n) is 5.33. The van der Waals surface area contributed by atoms with Gasteiger partial charge in [-0.05, 0) is 44.4 Å². The predicted molar refractivity (Wildman–Crippen MR) is 115 cm³/mol. The van der Waals surface area contributed by atoms with Crippen LogP contribution in [0.1, 0.15) is 52.4 Å². The lowest BCUT2D eigenvalue weighted by atomic mass is 9.87. The Bertz CT molecular complexity index is 608. The maximum atomic E-state index is 12.6. The third kappa shape index (κ3) is 7.19. The van der Waals surface area contributed by atoms with Gasteiger partial charge in [-0.15, -0.1) is 24.0 Å². The Hall–Kier alpha value is -0.300. The summed E-state index contributed by atoms with van der Waals surface area (Å²) in [5, 5.41) is 6.68. The van der Waals surface area contributed by atoms with Gasteiger partial charge in [0.05, 0.1) is 0 Å². The van der Waals surface area contributed by atoms with E-state index >= 15 is 0 Å². The molecule has 28 heavy (non-hydrogen) atoms. The minimum atomic E-state index is -5.22. The van der Waals surface area contributed by atoms with Crippen LogP contribution in [0.2, 0.25) is 0 Å². The fraction of sp³-hybridized carbons (Fsp3) is 0.941. The van der Waals surface area contributed by atoms with Crippen molar-refractivity contribution in [3.63, 3.8) is 0 Å². The van der Waals surface area contributed by atoms with Crippen LogP contribution in [0, 0.1) is 11.8 Å². The molecule has 0 radical (unpaired) electrons. The fourth-order valence-electron chi connectivity index (χ4n) is 3.78. The summed E-state index contributed by atoms with van der Waals surface area (Å²) >= 11 is 0. The SMILES string of the molecule is CCNC(=NCC1CCN(S(=O)(=O)C(F)(F)F)CC1)NC1CCCC(C)C1.I. The Morgan fingerprint density at radius 3 is 2.36 bits per heavy atom. The zero-order chi connectivity index (χ0) is 20.1. The average Bonchev–Trinajstić information content (AvgIpc) is 2.59. The summed E-state index contributed by atoms with van der Waals surface area (Å²) in [7, 11) is -5.21. The molecule has 2 unspecified atom stereocenters. The number of guanidine groups is 1. The molecule has 0 spiro atoms. The number of sulfonamides is 1. The minimum absolute atomic E-state index is 0. The smallest absolute Gasteiger partial charge is 0.357 e. The quantitative estimate of drug-likeness (QED) is 0.319. The number of alkyl halides is 3. The molecule has 0 aromatic heterocycles. The Kier molecular flexibility index (Phi) is 10.3. The van der Waals surface area contributed by atoms with Gasteiger partial charge in [0.15, 0.2) is 5.96 Å². The second-order valence-corrected chi connectivity index (χ2v) is 9.56. The molecule has 0 amide bonds. The molecule has 1 saturated carbocycles. The number of nitrogens with zero attached hydrogens (tertiary/aromatic N) is 2. The van der Waals surface area contributed by atoms with E-state index in [1.807, 2.05) is 6.92 Å². The highest BCUT2D eigenvalue weighted by molar-refractivity contribution is 14.0. The highest BCUT2D eigenvalue weighted by atomic mass is 127. The van der Waals surface area contributed by atoms with Crippen LogP contribution < -0.4 is 10.6 Å². The normalized spacial score (nSPS) is 25.8. The largest absolute Gasteiger partial charge is 0.511 e. The molecular weight excluding hydrogens is 508 g/mol. The molecule has 0 bridgehead atoms. The van der Waals surface area contributed by atoms with Crippen molar-refractivity contribution < 1.29 is 21.6 Å². The first-order valence-electron chi connectivity index (χ1n) is 9.74. The average molecular weight is 540 g/mol. The van der Waals surface area contributed by atoms with Crippen LogP contribution in [-0.2, 0) is 10.0 Å². The number of rotatable bonds is 5. The van der Waals surface area contributed by atoms with Gasteiger partial charge < -0.3 is 10.6 Å². The summed E-state index contributed by atoms with van der Waals surface area (Å²) < 4.78 is 61.4. The lowest BCUT2D eigenvalue weighted by molar-refractivity contribution is -0.0496. The lowest BCUT2D eigenvalue weighted by Gasteiger charge is -2.31. The minimum Gasteiger partial charge on any atom is -0.357 e. The van der Waals surface area contributed by atoms with Crippen molar-refractivity contribution in [2.45, 2.75) is 63.9 Å². The molecule has 0 aromatic rings. The molecule has 1 saturated heterocycles. The van der Waals surface area contributed by atoms with Gasteiger partial charge in [0.25, 0.3) is 0 Å². The first kappa shape index (κ1) is 25.7. The number of aliphatic imine (C=N–C) groups is 1. The Morgan fingerprint density at radius 2 is 1.82 bits per heavy atom. The van der Waals surface area contributed by atoms with E-state index in [1.165, 1.54) is 12.8 Å². The van der Waals surface area contributed by atoms with E-state index in [0.717, 1.165) is 25.3 Å². The van der Waals surface area contributed by atoms with Crippen LogP contribution in [-0.4, -0.2) is 56.4 Å². The second-order valence-electron chi connectivity index (χ2n) is 7.63. The summed E-state index contributed by atoms with van der Waals surface area (Å²) in [6.45, 7) is 5.24. The Balaban J connectivity index is 0.00000392. The molecule has 2 aliphatic rings. The van der Waals surface area contributed by atoms with Crippen LogP contribution in [0.4, 0.5) is 13.2 Å². The third-order valence-corrected chi connectivity index (χ3v) is 6.96. The van der Waals surface area contributed by atoms with E-state index < -0.39 is 15.5 Å². The van der Waals surface area contributed by atoms with Crippen LogP contribution in [0.3, 0.4) is 0 Å². The van der Waals surface area contributed by atoms with Crippen LogP contribution >= 0.6 is 24.0 Å². The highest BCUT2D eigenvalue weighted by Crippen LogP contribution is 2.30. The van der Waals surface area contributed by atoms with Gasteiger partial charge in [-0.2, -0.15) is 17.5 Å². The standard InChI is InChI=1S/C17H31F3N4O2S.HI/c1-3-21-16(23-15-6-4-5-13(2)11-15)22-12-14-7-9-24(10-8-14)27(25,26)17(18,19)20;/h13-15H,3-12H2,1-2H3,(H2,21,22,23);1H. The summed E-state index contributed by atoms with van der Waals surface area (Å²) in [5.74, 6) is 1.52. The van der Waals surface area contributed by atoms with Gasteiger partial charge in [0, 0.05) is 32.2 Å². The molecule has 2 rings (SSSR count). The van der Waals surface area contributed by atoms with E-state index in [-0.39, 0.29) is 43.0 Å². The van der Waals surface area contributed by atoms with Gasteiger partial charge in [-0.1, -0.05) is 19.8 Å². The lowest BCUT2D eigenvalue weighted by Crippen LogP contribution is -2.46. The molecular formula is C17H32F3IN4O2S. The summed E-state index contributed by atoms with van der Waals surface area (Å²) in [6, 6.07) is 0.394. The molecule has 2 fully saturated rings. The summed E-state index contributed by atoms with van der Waals surface area (Å²) in [5.41, 5.74) is -5.22. The fourth-order valence-corrected chi connectivity index (χ4v) is 4.76. The van der Waals surface area contributed by atoms with Gasteiger partial charge in [-0.25, -0.2) is 8.42 Å². The highest BCUT2D eigenvalue weighted by Gasteiger charge is 2.50. The number of piperidine rings is 1. The first-order valence-corrected chi connectivity index (χ1v) is 11.2. The number of hydrogen-bond acceptors (Lipinski definition) is 3. The van der Waals surface area contributed by atoms with Gasteiger partial charge in [0.1, 0.15) is 0 Å². The predicted octanol–water partition coefficient (Wildman–Crippen LogP) is 3.30. The molecule has 2 atom stereocenters. The maximum absolute atomic E-state index is 12.6. The molecule has 1 heterocycles. The van der Waals surface area contributed by atoms with Crippen molar-refractivity contribution in [3.05, 3.63) is 0 Å². The molecule has 0 aromatic carbocycles. The molecule has 6 nitrogen and oxygen atoms in total. The number of hydrogen-bond donors (Lipinski definition) is 2. The van der Waals surface area contributed by atoms with Crippen LogP contribution in [0.15, 0.2) is 4.99 Å². The Labute approximate surface area is 183 Å². The van der Waals surface area contributed by atoms with Crippen LogP contribution in [0.25, 0.3) is 0 Å². The van der Waals surface area contributed by atoms with Crippen molar-refractivity contribution in [1.82, 2.24) is 14.9 Å². The van der Waals surface area contributed by atoms with Crippen molar-refractivity contribution in [3.8, 4) is 0 Å². The van der Waals surface area contributed by atoms with Gasteiger partial charge in [0.2, 0.25) is 0 Å². The number of halogens is 4. The van der Waals surface area contributed by atoms with E-state index in [0.29, 0.717) is 35.7 Å². The van der Waals surface area contributed by atoms with E-state index in [1.54, 1.807) is 0 Å². The zero-order valence-electron chi connectivity index (χ0n) is 16.5. The van der Waals surface area contributed by atoms with Crippen LogP contribution in [0.5, 0.6) is 0 Å². The van der Waals surface area contributed by atoms with E-state index in [2.05, 4.69) is 22.5 Å². The molecule has 1 aliphatic carbocycles. The zero-order valence-corrected chi connectivity index (χ0v) is 19.6. The van der Waals surface area contributed by atoms with Crippen molar-refractivity contribution in [2.75, 3.05) is 26.2 Å².